The van der Waals surface area contributed by atoms with Crippen molar-refractivity contribution in [3.63, 3.8) is 0 Å². The topological polar surface area (TPSA) is 96.4 Å². The van der Waals surface area contributed by atoms with Crippen LogP contribution in [0.2, 0.25) is 0 Å². The van der Waals surface area contributed by atoms with Crippen LogP contribution in [0.25, 0.3) is 0 Å². The van der Waals surface area contributed by atoms with E-state index < -0.39 is 35.6 Å². The number of amides is 2. The molecular formula is C28H37BrN2O6. The predicted molar refractivity (Wildman–Crippen MR) is 143 cm³/mol. The van der Waals surface area contributed by atoms with Crippen molar-refractivity contribution in [2.75, 3.05) is 31.2 Å². The number of benzene rings is 1. The molecule has 3 aliphatic rings. The van der Waals surface area contributed by atoms with Crippen molar-refractivity contribution in [2.45, 2.75) is 69.0 Å². The number of rotatable bonds is 11. The Hall–Kier alpha value is -2.23. The van der Waals surface area contributed by atoms with Gasteiger partial charge in [-0.1, -0.05) is 40.2 Å². The van der Waals surface area contributed by atoms with Gasteiger partial charge in [0.15, 0.2) is 0 Å². The fraction of sp³-hybridized carbons (Fsp3) is 0.607. The van der Waals surface area contributed by atoms with Crippen molar-refractivity contribution in [1.82, 2.24) is 4.90 Å². The number of carbonyl (C=O) groups excluding carboxylic acids is 3. The van der Waals surface area contributed by atoms with Crippen LogP contribution in [0.5, 0.6) is 0 Å². The molecule has 0 aliphatic carbocycles. The molecule has 3 unspecified atom stereocenters. The molecule has 2 bridgehead atoms. The zero-order valence-corrected chi connectivity index (χ0v) is 23.4. The molecule has 1 aromatic rings. The molecule has 1 aromatic carbocycles. The average molecular weight is 578 g/mol. The number of hydrogen-bond acceptors (Lipinski definition) is 6. The summed E-state index contributed by atoms with van der Waals surface area (Å²) in [5.74, 6) is -2.47. The van der Waals surface area contributed by atoms with E-state index >= 15 is 0 Å². The minimum Gasteiger partial charge on any atom is -0.466 e. The van der Waals surface area contributed by atoms with E-state index in [0.717, 1.165) is 23.2 Å². The van der Waals surface area contributed by atoms with Gasteiger partial charge in [-0.25, -0.2) is 0 Å². The lowest BCUT2D eigenvalue weighted by atomic mass is 9.70. The van der Waals surface area contributed by atoms with Gasteiger partial charge < -0.3 is 24.4 Å². The molecule has 9 heteroatoms. The summed E-state index contributed by atoms with van der Waals surface area (Å²) in [5.41, 5.74) is 1.56. The Morgan fingerprint density at radius 1 is 1.30 bits per heavy atom. The van der Waals surface area contributed by atoms with E-state index in [2.05, 4.69) is 22.5 Å². The zero-order chi connectivity index (χ0) is 26.9. The first-order chi connectivity index (χ1) is 17.7. The number of carbonyl (C=O) groups is 3. The summed E-state index contributed by atoms with van der Waals surface area (Å²) in [6, 6.07) is 4.99. The van der Waals surface area contributed by atoms with Gasteiger partial charge in [-0.2, -0.15) is 0 Å². The molecule has 0 radical (unpaired) electrons. The van der Waals surface area contributed by atoms with Gasteiger partial charge in [0.05, 0.1) is 24.5 Å². The van der Waals surface area contributed by atoms with Crippen LogP contribution in [-0.2, 0) is 23.9 Å². The Bertz CT molecular complexity index is 1040. The maximum atomic E-state index is 14.6. The first kappa shape index (κ1) is 27.8. The molecule has 0 aromatic heterocycles. The molecule has 3 fully saturated rings. The molecule has 8 nitrogen and oxygen atoms in total. The Balaban J connectivity index is 1.79. The number of hydrogen-bond donors (Lipinski definition) is 1. The van der Waals surface area contributed by atoms with E-state index in [9.17, 15) is 19.5 Å². The summed E-state index contributed by atoms with van der Waals surface area (Å²) in [5, 5.41) is 9.22. The fourth-order valence-corrected chi connectivity index (χ4v) is 7.47. The van der Waals surface area contributed by atoms with E-state index in [0.29, 0.717) is 25.8 Å². The van der Waals surface area contributed by atoms with Gasteiger partial charge in [-0.05, 0) is 57.6 Å². The number of aryl methyl sites for hydroxylation is 2. The molecule has 1 N–H and O–H groups in total. The van der Waals surface area contributed by atoms with Crippen LogP contribution < -0.4 is 4.90 Å². The lowest BCUT2D eigenvalue weighted by molar-refractivity contribution is -0.154. The molecular weight excluding hydrogens is 540 g/mol. The van der Waals surface area contributed by atoms with Crippen molar-refractivity contribution in [1.29, 1.82) is 0 Å². The number of likely N-dealkylation sites (tertiary alicyclic amines) is 1. The highest BCUT2D eigenvalue weighted by Gasteiger charge is 2.77. The lowest BCUT2D eigenvalue weighted by Crippen LogP contribution is -2.57. The van der Waals surface area contributed by atoms with Crippen molar-refractivity contribution in [2.24, 2.45) is 11.8 Å². The van der Waals surface area contributed by atoms with Crippen LogP contribution in [0.1, 0.15) is 43.7 Å². The highest BCUT2D eigenvalue weighted by Crippen LogP contribution is 2.60. The molecule has 4 rings (SSSR count). The normalized spacial score (nSPS) is 29.9. The predicted octanol–water partition coefficient (Wildman–Crippen LogP) is 3.30. The van der Waals surface area contributed by atoms with Crippen molar-refractivity contribution in [3.8, 4) is 0 Å². The second kappa shape index (κ2) is 11.3. The monoisotopic (exact) mass is 576 g/mol. The molecule has 3 heterocycles. The van der Waals surface area contributed by atoms with E-state index in [1.165, 1.54) is 0 Å². The summed E-state index contributed by atoms with van der Waals surface area (Å²) in [6.45, 7) is 10.4. The van der Waals surface area contributed by atoms with Crippen LogP contribution in [-0.4, -0.2) is 76.7 Å². The maximum absolute atomic E-state index is 14.6. The summed E-state index contributed by atoms with van der Waals surface area (Å²) >= 11 is 3.68. The molecule has 3 aliphatic heterocycles. The summed E-state index contributed by atoms with van der Waals surface area (Å²) < 4.78 is 11.9. The number of unbranched alkanes of at least 4 members (excludes halogenated alkanes) is 2. The van der Waals surface area contributed by atoms with Crippen LogP contribution in [0, 0.1) is 25.7 Å². The number of nitrogens with zero attached hydrogens (tertiary/aromatic N) is 2. The SMILES string of the molecule is C=CCN(C(=O)C1N(CCCCCO)C(=O)[C@@H]2[C@H](C(=O)OCC)[C@H]3OC12CC3Br)c1c(C)cccc1C. The van der Waals surface area contributed by atoms with Crippen LogP contribution >= 0.6 is 15.9 Å². The zero-order valence-electron chi connectivity index (χ0n) is 21.8. The summed E-state index contributed by atoms with van der Waals surface area (Å²) in [6.07, 6.45) is 3.57. The van der Waals surface area contributed by atoms with Crippen molar-refractivity contribution < 1.29 is 29.0 Å². The third-order valence-electron chi connectivity index (χ3n) is 7.93. The maximum Gasteiger partial charge on any atom is 0.312 e. The van der Waals surface area contributed by atoms with Gasteiger partial charge in [0, 0.05) is 30.2 Å². The van der Waals surface area contributed by atoms with Crippen LogP contribution in [0.4, 0.5) is 5.69 Å². The van der Waals surface area contributed by atoms with Crippen molar-refractivity contribution >= 4 is 39.4 Å². The second-order valence-electron chi connectivity index (χ2n) is 10.2. The highest BCUT2D eigenvalue weighted by atomic mass is 79.9. The van der Waals surface area contributed by atoms with Gasteiger partial charge in [0.2, 0.25) is 5.91 Å². The number of ether oxygens (including phenoxy) is 2. The van der Waals surface area contributed by atoms with Crippen LogP contribution in [0.15, 0.2) is 30.9 Å². The Morgan fingerprint density at radius 2 is 2.00 bits per heavy atom. The summed E-state index contributed by atoms with van der Waals surface area (Å²) in [7, 11) is 0. The number of esters is 1. The fourth-order valence-electron chi connectivity index (χ4n) is 6.53. The van der Waals surface area contributed by atoms with Gasteiger partial charge in [-0.3, -0.25) is 14.4 Å². The quantitative estimate of drug-likeness (QED) is 0.188. The number of alkyl halides is 1. The number of anilines is 1. The Kier molecular flexibility index (Phi) is 8.45. The molecule has 3 saturated heterocycles. The van der Waals surface area contributed by atoms with E-state index in [1.807, 2.05) is 32.0 Å². The van der Waals surface area contributed by atoms with Gasteiger partial charge in [-0.15, -0.1) is 6.58 Å². The smallest absolute Gasteiger partial charge is 0.312 e. The highest BCUT2D eigenvalue weighted by molar-refractivity contribution is 9.09. The largest absolute Gasteiger partial charge is 0.466 e. The first-order valence-electron chi connectivity index (χ1n) is 13.1. The third-order valence-corrected chi connectivity index (χ3v) is 8.77. The first-order valence-corrected chi connectivity index (χ1v) is 14.0. The Labute approximate surface area is 227 Å². The van der Waals surface area contributed by atoms with Crippen LogP contribution in [0.3, 0.4) is 0 Å². The second-order valence-corrected chi connectivity index (χ2v) is 11.4. The minimum absolute atomic E-state index is 0.0729. The molecule has 202 valence electrons. The molecule has 2 amide bonds. The van der Waals surface area contributed by atoms with Gasteiger partial charge >= 0.3 is 5.97 Å². The number of fused-ring (bicyclic) bond motifs is 1. The standard InChI is InChI=1S/C28H37BrN2O6/c1-5-13-30(22-17(3)11-10-12-18(22)4)26(34)24-28-16-19(29)23(37-28)20(27(35)36-6-2)21(28)25(33)31(24)14-8-7-9-15-32/h5,10-12,19-21,23-24,32H,1,6-9,13-16H2,2-4H3/t19?,20-,21-,23-,24?,28?/m0/s1. The molecule has 1 spiro atoms. The van der Waals surface area contributed by atoms with Gasteiger partial charge in [0.1, 0.15) is 11.6 Å². The Morgan fingerprint density at radius 3 is 2.62 bits per heavy atom. The number of aliphatic hydroxyl groups excluding tert-OH is 1. The minimum atomic E-state index is -1.13. The molecule has 0 saturated carbocycles. The number of halogens is 1. The average Bonchev–Trinajstić information content (AvgIpc) is 3.44. The van der Waals surface area contributed by atoms with E-state index in [4.69, 9.17) is 9.47 Å². The third kappa shape index (κ3) is 4.63. The van der Waals surface area contributed by atoms with Gasteiger partial charge in [0.25, 0.3) is 5.91 Å². The summed E-state index contributed by atoms with van der Waals surface area (Å²) in [4.78, 5) is 44.8. The van der Waals surface area contributed by atoms with E-state index in [1.54, 1.807) is 22.8 Å². The lowest BCUT2D eigenvalue weighted by Gasteiger charge is -2.37. The van der Waals surface area contributed by atoms with E-state index in [-0.39, 0.29) is 36.4 Å². The molecule has 6 atom stereocenters. The van der Waals surface area contributed by atoms with Crippen molar-refractivity contribution in [3.05, 3.63) is 42.0 Å². The number of para-hydroxylation sites is 1. The number of aliphatic hydroxyl groups is 1. The molecule has 37 heavy (non-hydrogen) atoms.